The first kappa shape index (κ1) is 18.7. The Kier molecular flexibility index (Phi) is 5.06. The zero-order valence-corrected chi connectivity index (χ0v) is 15.5. The van der Waals surface area contributed by atoms with Gasteiger partial charge in [0.05, 0.1) is 22.1 Å². The topological polar surface area (TPSA) is 121 Å². The molecule has 0 spiro atoms. The van der Waals surface area contributed by atoms with Crippen LogP contribution in [0.4, 0.5) is 5.69 Å². The molecular formula is C18H18N4O4S. The number of aromatic nitrogens is 2. The van der Waals surface area contributed by atoms with Crippen LogP contribution in [0, 0.1) is 0 Å². The van der Waals surface area contributed by atoms with Gasteiger partial charge in [0.25, 0.3) is 5.56 Å². The van der Waals surface area contributed by atoms with Gasteiger partial charge in [-0.1, -0.05) is 12.1 Å². The maximum absolute atomic E-state index is 12.7. The first-order valence-corrected chi connectivity index (χ1v) is 9.62. The van der Waals surface area contributed by atoms with E-state index in [0.717, 1.165) is 6.20 Å². The number of hydrogen-bond acceptors (Lipinski definition) is 5. The Morgan fingerprint density at radius 2 is 1.96 bits per heavy atom. The fourth-order valence-corrected chi connectivity index (χ4v) is 3.89. The normalized spacial score (nSPS) is 12.7. The molecule has 0 saturated carbocycles. The van der Waals surface area contributed by atoms with Gasteiger partial charge in [-0.25, -0.2) is 18.1 Å². The minimum atomic E-state index is -3.81. The van der Waals surface area contributed by atoms with Crippen LogP contribution in [0.5, 0.6) is 0 Å². The van der Waals surface area contributed by atoms with Crippen molar-refractivity contribution in [2.45, 2.75) is 24.8 Å². The molecule has 0 aliphatic rings. The molecular weight excluding hydrogens is 368 g/mol. The summed E-state index contributed by atoms with van der Waals surface area (Å²) in [5.74, 6) is -0.206. The van der Waals surface area contributed by atoms with E-state index in [0.29, 0.717) is 22.3 Å². The van der Waals surface area contributed by atoms with Gasteiger partial charge in [0.15, 0.2) is 0 Å². The summed E-state index contributed by atoms with van der Waals surface area (Å²) < 4.78 is 28.0. The number of H-pyrrole nitrogens is 1. The molecule has 8 nitrogen and oxygen atoms in total. The third-order valence-electron chi connectivity index (χ3n) is 3.90. The fraction of sp³-hybridized carbons (Fsp3) is 0.167. The fourth-order valence-electron chi connectivity index (χ4n) is 2.64. The minimum absolute atomic E-state index is 0.0411. The monoisotopic (exact) mass is 386 g/mol. The maximum Gasteiger partial charge on any atom is 0.266 e. The summed E-state index contributed by atoms with van der Waals surface area (Å²) >= 11 is 0. The number of carbonyl (C=O) groups is 1. The Balaban J connectivity index is 1.86. The van der Waals surface area contributed by atoms with Crippen molar-refractivity contribution in [3.8, 4) is 0 Å². The zero-order valence-electron chi connectivity index (χ0n) is 14.7. The Morgan fingerprint density at radius 3 is 2.70 bits per heavy atom. The Labute approximate surface area is 155 Å². The van der Waals surface area contributed by atoms with Gasteiger partial charge >= 0.3 is 0 Å². The van der Waals surface area contributed by atoms with Crippen molar-refractivity contribution in [1.82, 2.24) is 14.7 Å². The molecule has 1 heterocycles. The molecule has 0 radical (unpaired) electrons. The van der Waals surface area contributed by atoms with Gasteiger partial charge in [0, 0.05) is 18.7 Å². The van der Waals surface area contributed by atoms with Gasteiger partial charge in [-0.2, -0.15) is 0 Å². The zero-order chi connectivity index (χ0) is 19.6. The molecule has 0 aliphatic heterocycles. The van der Waals surface area contributed by atoms with E-state index < -0.39 is 16.1 Å². The molecule has 3 N–H and O–H groups in total. The van der Waals surface area contributed by atoms with E-state index in [4.69, 9.17) is 0 Å². The second-order valence-corrected chi connectivity index (χ2v) is 7.79. The summed E-state index contributed by atoms with van der Waals surface area (Å²) in [6.45, 7) is 3.11. The first-order valence-electron chi connectivity index (χ1n) is 8.13. The minimum Gasteiger partial charge on any atom is -0.326 e. The Hall–Kier alpha value is -3.04. The van der Waals surface area contributed by atoms with Crippen LogP contribution in [0.2, 0.25) is 0 Å². The summed E-state index contributed by atoms with van der Waals surface area (Å²) in [4.78, 5) is 29.1. The predicted octanol–water partition coefficient (Wildman–Crippen LogP) is 1.92. The number of nitrogens with one attached hydrogen (secondary N) is 3. The SMILES string of the molecule is CC(=O)Nc1cccc(C(C)NS(=O)(=O)c2ccc3[nH]c(=O)cnc3c2)c1. The molecule has 1 aromatic heterocycles. The van der Waals surface area contributed by atoms with Crippen LogP contribution in [0.3, 0.4) is 0 Å². The number of fused-ring (bicyclic) bond motifs is 1. The highest BCUT2D eigenvalue weighted by atomic mass is 32.2. The van der Waals surface area contributed by atoms with Crippen molar-refractivity contribution in [2.24, 2.45) is 0 Å². The van der Waals surface area contributed by atoms with Gasteiger partial charge < -0.3 is 10.3 Å². The third kappa shape index (κ3) is 4.39. The van der Waals surface area contributed by atoms with Crippen LogP contribution in [0.25, 0.3) is 11.0 Å². The average molecular weight is 386 g/mol. The van der Waals surface area contributed by atoms with E-state index in [1.165, 1.54) is 25.1 Å². The highest BCUT2D eigenvalue weighted by Crippen LogP contribution is 2.21. The molecule has 0 bridgehead atoms. The summed E-state index contributed by atoms with van der Waals surface area (Å²) in [6.07, 6.45) is 1.10. The van der Waals surface area contributed by atoms with Crippen molar-refractivity contribution in [3.05, 3.63) is 64.6 Å². The van der Waals surface area contributed by atoms with E-state index in [-0.39, 0.29) is 16.4 Å². The van der Waals surface area contributed by atoms with E-state index in [9.17, 15) is 18.0 Å². The van der Waals surface area contributed by atoms with Crippen LogP contribution >= 0.6 is 0 Å². The largest absolute Gasteiger partial charge is 0.326 e. The van der Waals surface area contributed by atoms with Crippen LogP contribution in [0.1, 0.15) is 25.5 Å². The highest BCUT2D eigenvalue weighted by Gasteiger charge is 2.19. The third-order valence-corrected chi connectivity index (χ3v) is 5.44. The number of carbonyl (C=O) groups excluding carboxylic acids is 1. The number of benzene rings is 2. The number of sulfonamides is 1. The standard InChI is InChI=1S/C18H18N4O4S/c1-11(13-4-3-5-14(8-13)20-12(2)23)22-27(25,26)15-6-7-16-17(9-15)19-10-18(24)21-16/h3-11,22H,1-2H3,(H,20,23)(H,21,24). The van der Waals surface area contributed by atoms with E-state index >= 15 is 0 Å². The van der Waals surface area contributed by atoms with Gasteiger partial charge in [0.1, 0.15) is 0 Å². The smallest absolute Gasteiger partial charge is 0.266 e. The van der Waals surface area contributed by atoms with Gasteiger partial charge in [0.2, 0.25) is 15.9 Å². The molecule has 0 aliphatic carbocycles. The molecule has 2 aromatic carbocycles. The Morgan fingerprint density at radius 1 is 1.19 bits per heavy atom. The molecule has 140 valence electrons. The molecule has 3 rings (SSSR count). The van der Waals surface area contributed by atoms with Crippen molar-refractivity contribution in [3.63, 3.8) is 0 Å². The van der Waals surface area contributed by atoms with Crippen molar-refractivity contribution >= 4 is 32.7 Å². The quantitative estimate of drug-likeness (QED) is 0.619. The Bertz CT molecular complexity index is 1170. The van der Waals surface area contributed by atoms with E-state index in [1.54, 1.807) is 31.2 Å². The number of amides is 1. The number of nitrogens with zero attached hydrogens (tertiary/aromatic N) is 1. The molecule has 1 atom stereocenters. The lowest BCUT2D eigenvalue weighted by Crippen LogP contribution is -2.27. The van der Waals surface area contributed by atoms with Crippen LogP contribution in [-0.4, -0.2) is 24.3 Å². The number of hydrogen-bond donors (Lipinski definition) is 3. The van der Waals surface area contributed by atoms with Crippen LogP contribution < -0.4 is 15.6 Å². The molecule has 9 heteroatoms. The van der Waals surface area contributed by atoms with Crippen molar-refractivity contribution in [1.29, 1.82) is 0 Å². The molecule has 3 aromatic rings. The molecule has 1 unspecified atom stereocenters. The predicted molar refractivity (Wildman–Crippen MR) is 102 cm³/mol. The van der Waals surface area contributed by atoms with Gasteiger partial charge in [-0.15, -0.1) is 0 Å². The molecule has 27 heavy (non-hydrogen) atoms. The second kappa shape index (κ2) is 7.29. The van der Waals surface area contributed by atoms with Crippen LogP contribution in [-0.2, 0) is 14.8 Å². The molecule has 0 saturated heterocycles. The van der Waals surface area contributed by atoms with Gasteiger partial charge in [-0.3, -0.25) is 9.59 Å². The summed E-state index contributed by atoms with van der Waals surface area (Å²) in [5.41, 5.74) is 1.76. The maximum atomic E-state index is 12.7. The highest BCUT2D eigenvalue weighted by molar-refractivity contribution is 7.89. The molecule has 0 fully saturated rings. The lowest BCUT2D eigenvalue weighted by Gasteiger charge is -2.16. The summed E-state index contributed by atoms with van der Waals surface area (Å²) in [7, 11) is -3.81. The molecule has 1 amide bonds. The lowest BCUT2D eigenvalue weighted by atomic mass is 10.1. The van der Waals surface area contributed by atoms with Gasteiger partial charge in [-0.05, 0) is 42.8 Å². The number of anilines is 1. The average Bonchev–Trinajstić information content (AvgIpc) is 2.60. The van der Waals surface area contributed by atoms with E-state index in [1.807, 2.05) is 0 Å². The second-order valence-electron chi connectivity index (χ2n) is 6.08. The van der Waals surface area contributed by atoms with Crippen molar-refractivity contribution < 1.29 is 13.2 Å². The number of rotatable bonds is 5. The van der Waals surface area contributed by atoms with E-state index in [2.05, 4.69) is 20.0 Å². The first-order chi connectivity index (χ1) is 12.7. The van der Waals surface area contributed by atoms with Crippen LogP contribution in [0.15, 0.2) is 58.4 Å². The lowest BCUT2D eigenvalue weighted by molar-refractivity contribution is -0.114. The summed E-state index contributed by atoms with van der Waals surface area (Å²) in [6, 6.07) is 10.7. The summed E-state index contributed by atoms with van der Waals surface area (Å²) in [5, 5.41) is 2.67. The van der Waals surface area contributed by atoms with Crippen molar-refractivity contribution in [2.75, 3.05) is 5.32 Å². The number of aromatic amines is 1.